The summed E-state index contributed by atoms with van der Waals surface area (Å²) in [7, 11) is -3.55. The average Bonchev–Trinajstić information content (AvgIpc) is 3.32. The SMILES string of the molecule is CCC1CCCCN1P(=O)(NC(=O)c1c(C)c(C(=O)c2ccc(Cl)c([N+](=O)[O-])c2)n2ccccc12)N1CCCCC1CC. The monoisotopic (exact) mass is 627 g/mol. The van der Waals surface area contributed by atoms with Gasteiger partial charge >= 0.3 is 7.59 Å². The number of hydrogen-bond acceptors (Lipinski definition) is 5. The van der Waals surface area contributed by atoms with Crippen LogP contribution in [-0.2, 0) is 4.57 Å². The van der Waals surface area contributed by atoms with E-state index in [2.05, 4.69) is 28.3 Å². The molecule has 230 valence electrons. The Bertz CT molecular complexity index is 1580. The van der Waals surface area contributed by atoms with Crippen molar-refractivity contribution in [1.29, 1.82) is 0 Å². The molecule has 1 aromatic carbocycles. The van der Waals surface area contributed by atoms with E-state index in [1.807, 2.05) is 0 Å². The maximum atomic E-state index is 15.4. The van der Waals surface area contributed by atoms with Crippen molar-refractivity contribution in [2.24, 2.45) is 0 Å². The Kier molecular flexibility index (Phi) is 9.42. The topological polar surface area (TPSA) is 117 Å². The summed E-state index contributed by atoms with van der Waals surface area (Å²) in [5.41, 5.74) is 1.09. The van der Waals surface area contributed by atoms with Gasteiger partial charge < -0.3 is 4.40 Å². The van der Waals surface area contributed by atoms with Crippen LogP contribution >= 0.6 is 19.2 Å². The number of benzene rings is 1. The minimum atomic E-state index is -3.55. The van der Waals surface area contributed by atoms with Gasteiger partial charge in [-0.2, -0.15) is 0 Å². The van der Waals surface area contributed by atoms with Crippen molar-refractivity contribution in [3.8, 4) is 0 Å². The van der Waals surface area contributed by atoms with Crippen LogP contribution in [0.15, 0.2) is 42.6 Å². The second kappa shape index (κ2) is 12.9. The summed E-state index contributed by atoms with van der Waals surface area (Å²) in [6.07, 6.45) is 9.20. The normalized spacial score (nSPS) is 21.4. The van der Waals surface area contributed by atoms with Gasteiger partial charge in [0.1, 0.15) is 5.02 Å². The smallest absolute Gasteiger partial charge is 0.311 e. The lowest BCUT2D eigenvalue weighted by Crippen LogP contribution is -2.50. The first kappa shape index (κ1) is 31.4. The molecule has 3 aromatic rings. The number of fused-ring (bicyclic) bond motifs is 1. The predicted molar refractivity (Wildman–Crippen MR) is 168 cm³/mol. The van der Waals surface area contributed by atoms with E-state index in [0.717, 1.165) is 57.4 Å². The zero-order chi connectivity index (χ0) is 30.9. The molecule has 10 nitrogen and oxygen atoms in total. The molecule has 2 fully saturated rings. The number of halogens is 1. The number of carbonyl (C=O) groups excluding carboxylic acids is 2. The molecule has 12 heteroatoms. The summed E-state index contributed by atoms with van der Waals surface area (Å²) in [4.78, 5) is 39.1. The molecular formula is C31H39ClN5O5P. The number of amides is 1. The van der Waals surface area contributed by atoms with E-state index >= 15 is 4.57 Å². The number of pyridine rings is 1. The van der Waals surface area contributed by atoms with Gasteiger partial charge in [0.15, 0.2) is 0 Å². The number of aromatic nitrogens is 1. The van der Waals surface area contributed by atoms with Crippen LogP contribution in [0.1, 0.15) is 97.2 Å². The van der Waals surface area contributed by atoms with Crippen LogP contribution in [0, 0.1) is 17.0 Å². The van der Waals surface area contributed by atoms with Gasteiger partial charge in [-0.05, 0) is 75.3 Å². The molecule has 4 heterocycles. The Morgan fingerprint density at radius 2 is 1.65 bits per heavy atom. The molecule has 0 spiro atoms. The molecule has 2 aliphatic heterocycles. The number of ketones is 1. The van der Waals surface area contributed by atoms with Crippen molar-refractivity contribution in [3.63, 3.8) is 0 Å². The van der Waals surface area contributed by atoms with Gasteiger partial charge in [-0.25, -0.2) is 9.34 Å². The number of nitrogens with zero attached hydrogens (tertiary/aromatic N) is 4. The van der Waals surface area contributed by atoms with Gasteiger partial charge in [0.25, 0.3) is 11.6 Å². The lowest BCUT2D eigenvalue weighted by molar-refractivity contribution is -0.384. The molecule has 43 heavy (non-hydrogen) atoms. The minimum absolute atomic E-state index is 0.0692. The van der Waals surface area contributed by atoms with Gasteiger partial charge in [0.05, 0.1) is 21.7 Å². The molecule has 2 atom stereocenters. The number of hydrogen-bond donors (Lipinski definition) is 1. The third-order valence-corrected chi connectivity index (χ3v) is 12.3. The average molecular weight is 628 g/mol. The summed E-state index contributed by atoms with van der Waals surface area (Å²) >= 11 is 6.00. The fraction of sp³-hybridized carbons (Fsp3) is 0.484. The Morgan fingerprint density at radius 1 is 1.02 bits per heavy atom. The second-order valence-electron chi connectivity index (χ2n) is 11.5. The van der Waals surface area contributed by atoms with Crippen LogP contribution in [0.25, 0.3) is 5.52 Å². The molecular weight excluding hydrogens is 589 g/mol. The van der Waals surface area contributed by atoms with Gasteiger partial charge in [-0.15, -0.1) is 0 Å². The molecule has 1 amide bonds. The molecule has 2 aliphatic rings. The van der Waals surface area contributed by atoms with Gasteiger partial charge in [0.2, 0.25) is 5.78 Å². The molecule has 0 saturated carbocycles. The lowest BCUT2D eigenvalue weighted by atomic mass is 10.0. The molecule has 0 bridgehead atoms. The zero-order valence-electron chi connectivity index (χ0n) is 24.9. The van der Waals surface area contributed by atoms with Crippen molar-refractivity contribution in [3.05, 3.63) is 80.1 Å². The fourth-order valence-electron chi connectivity index (χ4n) is 6.81. The van der Waals surface area contributed by atoms with E-state index in [1.54, 1.807) is 35.7 Å². The van der Waals surface area contributed by atoms with E-state index in [1.165, 1.54) is 12.1 Å². The number of piperidine rings is 2. The van der Waals surface area contributed by atoms with Crippen molar-refractivity contribution in [2.45, 2.75) is 84.2 Å². The highest BCUT2D eigenvalue weighted by molar-refractivity contribution is 7.57. The maximum absolute atomic E-state index is 15.4. The highest BCUT2D eigenvalue weighted by Crippen LogP contribution is 2.56. The first-order valence-electron chi connectivity index (χ1n) is 15.2. The van der Waals surface area contributed by atoms with Gasteiger partial charge in [0, 0.05) is 43.0 Å². The zero-order valence-corrected chi connectivity index (χ0v) is 26.6. The summed E-state index contributed by atoms with van der Waals surface area (Å²) in [6, 6.07) is 9.40. The first-order valence-corrected chi connectivity index (χ1v) is 17.2. The largest absolute Gasteiger partial charge is 0.313 e. The van der Waals surface area contributed by atoms with Crippen molar-refractivity contribution >= 4 is 42.1 Å². The molecule has 2 unspecified atom stereocenters. The Balaban J connectivity index is 1.60. The summed E-state index contributed by atoms with van der Waals surface area (Å²) in [5, 5.41) is 14.5. The highest BCUT2D eigenvalue weighted by Gasteiger charge is 2.46. The number of rotatable bonds is 9. The van der Waals surface area contributed by atoms with E-state index < -0.39 is 24.2 Å². The quantitative estimate of drug-likeness (QED) is 0.114. The van der Waals surface area contributed by atoms with Crippen molar-refractivity contribution < 1.29 is 19.1 Å². The maximum Gasteiger partial charge on any atom is 0.311 e. The number of carbonyl (C=O) groups is 2. The van der Waals surface area contributed by atoms with Crippen molar-refractivity contribution in [1.82, 2.24) is 18.8 Å². The Hall–Kier alpha value is -3.04. The molecule has 2 aromatic heterocycles. The van der Waals surface area contributed by atoms with Crippen LogP contribution in [0.2, 0.25) is 5.02 Å². The Labute approximate surface area is 257 Å². The van der Waals surface area contributed by atoms with E-state index in [4.69, 9.17) is 11.6 Å². The minimum Gasteiger partial charge on any atom is -0.313 e. The third-order valence-electron chi connectivity index (χ3n) is 9.01. The molecule has 1 N–H and O–H groups in total. The van der Waals surface area contributed by atoms with Crippen molar-refractivity contribution in [2.75, 3.05) is 13.1 Å². The predicted octanol–water partition coefficient (Wildman–Crippen LogP) is 7.41. The van der Waals surface area contributed by atoms with Crippen LogP contribution < -0.4 is 5.09 Å². The molecule has 0 radical (unpaired) electrons. The summed E-state index contributed by atoms with van der Waals surface area (Å²) in [6.45, 7) is 7.20. The van der Waals surface area contributed by atoms with E-state index in [9.17, 15) is 19.7 Å². The fourth-order valence-corrected chi connectivity index (χ4v) is 10.2. The van der Waals surface area contributed by atoms with E-state index in [0.29, 0.717) is 24.2 Å². The summed E-state index contributed by atoms with van der Waals surface area (Å²) in [5.74, 6) is -0.976. The molecule has 5 rings (SSSR count). The third kappa shape index (κ3) is 5.78. The number of nitro benzene ring substituents is 1. The van der Waals surface area contributed by atoms with Crippen LogP contribution in [0.5, 0.6) is 0 Å². The number of nitro groups is 1. The summed E-state index contributed by atoms with van der Waals surface area (Å²) < 4.78 is 21.1. The van der Waals surface area contributed by atoms with E-state index in [-0.39, 0.29) is 39.6 Å². The number of nitrogens with one attached hydrogen (secondary N) is 1. The lowest BCUT2D eigenvalue weighted by Gasteiger charge is -2.48. The van der Waals surface area contributed by atoms with Crippen LogP contribution in [0.3, 0.4) is 0 Å². The van der Waals surface area contributed by atoms with Gasteiger partial charge in [-0.1, -0.05) is 44.4 Å². The first-order chi connectivity index (χ1) is 20.6. The van der Waals surface area contributed by atoms with Gasteiger partial charge in [-0.3, -0.25) is 29.4 Å². The van der Waals surface area contributed by atoms with Crippen LogP contribution in [-0.4, -0.2) is 55.5 Å². The highest BCUT2D eigenvalue weighted by atomic mass is 35.5. The Morgan fingerprint density at radius 3 is 2.23 bits per heavy atom. The van der Waals surface area contributed by atoms with Crippen LogP contribution in [0.4, 0.5) is 5.69 Å². The standard InChI is InChI=1S/C31H39ClN5O5P/c1-4-23-12-6-10-18-35(23)43(42,36-19-11-7-13-24(36)5-2)33-31(39)28-21(3)29(34-17-9-8-14-26(28)34)30(38)22-15-16-25(32)27(20-22)37(40)41/h8-9,14-17,20,23-24H,4-7,10-13,18-19H2,1-3H3,(H,33,39,42). The second-order valence-corrected chi connectivity index (χ2v) is 14.2. The molecule has 0 aliphatic carbocycles. The molecule has 2 saturated heterocycles.